The van der Waals surface area contributed by atoms with Crippen molar-refractivity contribution in [3.63, 3.8) is 0 Å². The van der Waals surface area contributed by atoms with Crippen LogP contribution in [0.1, 0.15) is 30.6 Å². The van der Waals surface area contributed by atoms with Crippen LogP contribution in [0.15, 0.2) is 55.0 Å². The largest absolute Gasteiger partial charge is 0.405 e. The summed E-state index contributed by atoms with van der Waals surface area (Å²) in [5.41, 5.74) is -0.451. The summed E-state index contributed by atoms with van der Waals surface area (Å²) in [5.74, 6) is 0.294. The summed E-state index contributed by atoms with van der Waals surface area (Å²) in [6, 6.07) is 7.69. The number of hydrogen-bond donors (Lipinski definition) is 0. The van der Waals surface area contributed by atoms with Gasteiger partial charge in [0.25, 0.3) is 0 Å². The van der Waals surface area contributed by atoms with Gasteiger partial charge in [0.2, 0.25) is 17.2 Å². The standard InChI is InChI=1S/C21H20N4O4S/c26-17-7-8-18(27)29-20-19(23-21-22-10-9-16(28-17)25(20)21)15-6-5-14(30-15)13-24-11-3-1-2-4-12-24/h5-10H,1-4,11-13H2. The first-order valence-corrected chi connectivity index (χ1v) is 10.8. The predicted molar refractivity (Wildman–Crippen MR) is 113 cm³/mol. The molecule has 1 fully saturated rings. The number of thiophene rings is 1. The van der Waals surface area contributed by atoms with Crippen LogP contribution >= 0.6 is 11.3 Å². The lowest BCUT2D eigenvalue weighted by Crippen LogP contribution is -2.23. The third kappa shape index (κ3) is 3.73. The van der Waals surface area contributed by atoms with Crippen molar-refractivity contribution in [3.05, 3.63) is 62.2 Å². The Morgan fingerprint density at radius 1 is 0.933 bits per heavy atom. The number of nitrogens with zero attached hydrogens (tertiary/aromatic N) is 4. The van der Waals surface area contributed by atoms with Crippen LogP contribution in [-0.2, 0) is 6.54 Å². The third-order valence-corrected chi connectivity index (χ3v) is 6.25. The lowest BCUT2D eigenvalue weighted by atomic mass is 10.2. The van der Waals surface area contributed by atoms with Gasteiger partial charge in [-0.25, -0.2) is 24.0 Å². The van der Waals surface area contributed by atoms with Crippen molar-refractivity contribution in [2.75, 3.05) is 13.1 Å². The molecule has 1 aliphatic heterocycles. The Kier molecular flexibility index (Phi) is 5.06. The molecule has 0 radical (unpaired) electrons. The zero-order chi connectivity index (χ0) is 20.5. The molecule has 5 heterocycles. The van der Waals surface area contributed by atoms with Crippen molar-refractivity contribution < 1.29 is 8.83 Å². The lowest BCUT2D eigenvalue weighted by Gasteiger charge is -2.18. The fourth-order valence-electron chi connectivity index (χ4n) is 3.76. The second-order valence-electron chi connectivity index (χ2n) is 7.32. The molecule has 0 aromatic carbocycles. The molecule has 1 aliphatic rings. The van der Waals surface area contributed by atoms with E-state index in [0.29, 0.717) is 11.5 Å². The maximum Gasteiger partial charge on any atom is 0.337 e. The van der Waals surface area contributed by atoms with Gasteiger partial charge in [0.05, 0.1) is 4.88 Å². The molecule has 0 saturated carbocycles. The maximum absolute atomic E-state index is 12.2. The van der Waals surface area contributed by atoms with E-state index in [1.807, 2.05) is 6.07 Å². The average molecular weight is 424 g/mol. The molecule has 0 N–H and O–H groups in total. The molecule has 8 nitrogen and oxygen atoms in total. The van der Waals surface area contributed by atoms with Gasteiger partial charge in [0.1, 0.15) is 5.69 Å². The van der Waals surface area contributed by atoms with E-state index >= 15 is 0 Å². The summed E-state index contributed by atoms with van der Waals surface area (Å²) < 4.78 is 12.3. The van der Waals surface area contributed by atoms with Crippen molar-refractivity contribution >= 4 is 28.5 Å². The van der Waals surface area contributed by atoms with Gasteiger partial charge in [0.15, 0.2) is 0 Å². The predicted octanol–water partition coefficient (Wildman–Crippen LogP) is 3.46. The lowest BCUT2D eigenvalue weighted by molar-refractivity contribution is 0.279. The zero-order valence-electron chi connectivity index (χ0n) is 16.2. The second kappa shape index (κ2) is 8.00. The molecule has 30 heavy (non-hydrogen) atoms. The highest BCUT2D eigenvalue weighted by Gasteiger charge is 2.18. The van der Waals surface area contributed by atoms with Crippen LogP contribution in [0.3, 0.4) is 0 Å². The molecule has 0 bridgehead atoms. The molecule has 1 saturated heterocycles. The van der Waals surface area contributed by atoms with E-state index in [2.05, 4.69) is 20.9 Å². The van der Waals surface area contributed by atoms with Gasteiger partial charge in [-0.3, -0.25) is 4.90 Å². The summed E-state index contributed by atoms with van der Waals surface area (Å²) in [4.78, 5) is 37.5. The van der Waals surface area contributed by atoms with E-state index in [1.54, 1.807) is 11.3 Å². The quantitative estimate of drug-likeness (QED) is 0.497. The second-order valence-corrected chi connectivity index (χ2v) is 8.48. The summed E-state index contributed by atoms with van der Waals surface area (Å²) >= 11 is 1.62. The molecular weight excluding hydrogens is 404 g/mol. The summed E-state index contributed by atoms with van der Waals surface area (Å²) in [5, 5.41) is 0. The van der Waals surface area contributed by atoms with Gasteiger partial charge >= 0.3 is 11.3 Å². The van der Waals surface area contributed by atoms with Crippen LogP contribution in [0.5, 0.6) is 0 Å². The fraction of sp³-hybridized carbons (Fsp3) is 0.333. The van der Waals surface area contributed by atoms with Gasteiger partial charge in [-0.15, -0.1) is 11.3 Å². The average Bonchev–Trinajstić information content (AvgIpc) is 3.25. The molecule has 0 amide bonds. The minimum Gasteiger partial charge on any atom is -0.405 e. The van der Waals surface area contributed by atoms with Crippen LogP contribution < -0.4 is 11.3 Å². The van der Waals surface area contributed by atoms with E-state index in [1.165, 1.54) is 47.2 Å². The van der Waals surface area contributed by atoms with E-state index in [9.17, 15) is 9.59 Å². The molecule has 0 atom stereocenters. The van der Waals surface area contributed by atoms with Crippen molar-refractivity contribution in [3.8, 4) is 10.6 Å². The van der Waals surface area contributed by atoms with Gasteiger partial charge in [-0.2, -0.15) is 0 Å². The Bertz CT molecular complexity index is 1340. The molecule has 9 heteroatoms. The molecular formula is C21H20N4O4S. The van der Waals surface area contributed by atoms with Crippen LogP contribution in [0.2, 0.25) is 0 Å². The van der Waals surface area contributed by atoms with Crippen LogP contribution in [0.25, 0.3) is 27.8 Å². The molecule has 0 unspecified atom stereocenters. The number of imidazole rings is 1. The topological polar surface area (TPSA) is 93.9 Å². The smallest absolute Gasteiger partial charge is 0.337 e. The molecule has 154 valence electrons. The Balaban J connectivity index is 1.63. The highest BCUT2D eigenvalue weighted by molar-refractivity contribution is 7.15. The first-order valence-electron chi connectivity index (χ1n) is 9.98. The number of aromatic nitrogens is 3. The minimum atomic E-state index is -0.673. The van der Waals surface area contributed by atoms with E-state index in [4.69, 9.17) is 8.83 Å². The SMILES string of the molecule is O=c1ccc(=O)oc2c(-c3ccc(CN4CCCCCC4)s3)nc3nccc(o1)n32. The normalized spacial score (nSPS) is 15.5. The van der Waals surface area contributed by atoms with Crippen molar-refractivity contribution in [2.24, 2.45) is 0 Å². The monoisotopic (exact) mass is 424 g/mol. The van der Waals surface area contributed by atoms with Crippen molar-refractivity contribution in [1.29, 1.82) is 0 Å². The van der Waals surface area contributed by atoms with Gasteiger partial charge in [-0.1, -0.05) is 12.8 Å². The first-order chi connectivity index (χ1) is 14.7. The molecule has 4 aromatic rings. The van der Waals surface area contributed by atoms with Gasteiger partial charge < -0.3 is 8.83 Å². The Morgan fingerprint density at radius 2 is 1.70 bits per heavy atom. The molecule has 5 rings (SSSR count). The Hall–Kier alpha value is -3.04. The number of likely N-dealkylation sites (tertiary alicyclic amines) is 1. The van der Waals surface area contributed by atoms with Gasteiger partial charge in [0, 0.05) is 35.8 Å². The highest BCUT2D eigenvalue weighted by atomic mass is 32.1. The maximum atomic E-state index is 12.2. The zero-order valence-corrected chi connectivity index (χ0v) is 17.1. The van der Waals surface area contributed by atoms with Crippen LogP contribution in [0, 0.1) is 0 Å². The Labute approximate surface area is 175 Å². The van der Waals surface area contributed by atoms with Crippen molar-refractivity contribution in [2.45, 2.75) is 32.2 Å². The Morgan fingerprint density at radius 3 is 2.50 bits per heavy atom. The minimum absolute atomic E-state index is 0.194. The first kappa shape index (κ1) is 19.0. The van der Waals surface area contributed by atoms with E-state index < -0.39 is 11.3 Å². The molecule has 4 aromatic heterocycles. The molecule has 0 spiro atoms. The highest BCUT2D eigenvalue weighted by Crippen LogP contribution is 2.32. The molecule has 0 aliphatic carbocycles. The summed E-state index contributed by atoms with van der Waals surface area (Å²) in [7, 11) is 0. The number of rotatable bonds is 3. The fourth-order valence-corrected chi connectivity index (χ4v) is 4.79. The third-order valence-electron chi connectivity index (χ3n) is 5.18. The van der Waals surface area contributed by atoms with Crippen molar-refractivity contribution in [1.82, 2.24) is 19.3 Å². The number of hydrogen-bond acceptors (Lipinski definition) is 8. The van der Waals surface area contributed by atoms with E-state index in [0.717, 1.165) is 36.6 Å². The van der Waals surface area contributed by atoms with E-state index in [-0.39, 0.29) is 11.4 Å². The summed E-state index contributed by atoms with van der Waals surface area (Å²) in [6.07, 6.45) is 6.59. The summed E-state index contributed by atoms with van der Waals surface area (Å²) in [6.45, 7) is 3.14. The van der Waals surface area contributed by atoms with Crippen LogP contribution in [0.4, 0.5) is 0 Å². The van der Waals surface area contributed by atoms with Crippen LogP contribution in [-0.4, -0.2) is 32.4 Å². The van der Waals surface area contributed by atoms with Gasteiger partial charge in [-0.05, 0) is 38.1 Å².